The Balaban J connectivity index is 0.00000320. The Labute approximate surface area is 197 Å². The van der Waals surface area contributed by atoms with Gasteiger partial charge in [-0.2, -0.15) is 0 Å². The number of halogens is 1. The van der Waals surface area contributed by atoms with Crippen molar-refractivity contribution in [2.75, 3.05) is 19.6 Å². The molecule has 1 amide bonds. The first-order valence-corrected chi connectivity index (χ1v) is 10.6. The summed E-state index contributed by atoms with van der Waals surface area (Å²) in [5.74, 6) is 0.789. The lowest BCUT2D eigenvalue weighted by Gasteiger charge is -2.19. The standard InChI is InChI=1S/C24H32N4O.HI/c1-3-15-26-22(29)20-10-8-9-19(16-20)17-27-23(25-4-2)28-18-24(13-14-24)21-11-6-5-7-12-21;/h5-12,16H,3-4,13-15,17-18H2,1-2H3,(H,26,29)(H2,25,27,28);1H. The van der Waals surface area contributed by atoms with Crippen molar-refractivity contribution in [2.45, 2.75) is 45.1 Å². The van der Waals surface area contributed by atoms with E-state index in [4.69, 9.17) is 4.99 Å². The van der Waals surface area contributed by atoms with Crippen molar-refractivity contribution < 1.29 is 4.79 Å². The van der Waals surface area contributed by atoms with Crippen LogP contribution in [0.2, 0.25) is 0 Å². The summed E-state index contributed by atoms with van der Waals surface area (Å²) < 4.78 is 0. The van der Waals surface area contributed by atoms with Crippen LogP contribution < -0.4 is 16.0 Å². The van der Waals surface area contributed by atoms with Crippen LogP contribution in [0.5, 0.6) is 0 Å². The van der Waals surface area contributed by atoms with Gasteiger partial charge in [0.15, 0.2) is 5.96 Å². The molecule has 1 aliphatic carbocycles. The first-order chi connectivity index (χ1) is 14.2. The predicted molar refractivity (Wildman–Crippen MR) is 135 cm³/mol. The molecule has 2 aromatic carbocycles. The summed E-state index contributed by atoms with van der Waals surface area (Å²) in [5, 5.41) is 9.77. The van der Waals surface area contributed by atoms with Gasteiger partial charge < -0.3 is 16.0 Å². The fourth-order valence-electron chi connectivity index (χ4n) is 3.43. The van der Waals surface area contributed by atoms with E-state index in [0.29, 0.717) is 18.7 Å². The van der Waals surface area contributed by atoms with Crippen molar-refractivity contribution in [3.63, 3.8) is 0 Å². The molecule has 30 heavy (non-hydrogen) atoms. The van der Waals surface area contributed by atoms with Crippen LogP contribution in [0.3, 0.4) is 0 Å². The van der Waals surface area contributed by atoms with Crippen LogP contribution in [0.25, 0.3) is 0 Å². The van der Waals surface area contributed by atoms with Gasteiger partial charge >= 0.3 is 0 Å². The molecular formula is C24H33IN4O. The molecule has 3 rings (SSSR count). The van der Waals surface area contributed by atoms with Crippen LogP contribution in [0.1, 0.15) is 54.6 Å². The summed E-state index contributed by atoms with van der Waals surface area (Å²) in [4.78, 5) is 16.9. The van der Waals surface area contributed by atoms with Crippen LogP contribution in [0.4, 0.5) is 0 Å². The Hall–Kier alpha value is -2.09. The topological polar surface area (TPSA) is 65.5 Å². The summed E-state index contributed by atoms with van der Waals surface area (Å²) in [6.07, 6.45) is 3.34. The number of benzene rings is 2. The molecule has 0 radical (unpaired) electrons. The average Bonchev–Trinajstić information content (AvgIpc) is 3.56. The highest BCUT2D eigenvalue weighted by molar-refractivity contribution is 14.0. The van der Waals surface area contributed by atoms with Crippen LogP contribution in [-0.2, 0) is 12.0 Å². The van der Waals surface area contributed by atoms with Gasteiger partial charge in [-0.15, -0.1) is 24.0 Å². The molecule has 0 heterocycles. The van der Waals surface area contributed by atoms with Gasteiger partial charge in [0.05, 0.1) is 6.54 Å². The third-order valence-corrected chi connectivity index (χ3v) is 5.32. The molecule has 0 aliphatic heterocycles. The normalized spacial score (nSPS) is 14.4. The first kappa shape index (κ1) is 24.2. The highest BCUT2D eigenvalue weighted by atomic mass is 127. The van der Waals surface area contributed by atoms with E-state index in [2.05, 4.69) is 53.2 Å². The van der Waals surface area contributed by atoms with Gasteiger partial charge in [0.2, 0.25) is 0 Å². The van der Waals surface area contributed by atoms with Crippen molar-refractivity contribution in [3.05, 3.63) is 71.3 Å². The number of hydrogen-bond donors (Lipinski definition) is 3. The zero-order valence-corrected chi connectivity index (χ0v) is 20.2. The Bertz CT molecular complexity index is 834. The van der Waals surface area contributed by atoms with Crippen LogP contribution in [-0.4, -0.2) is 31.5 Å². The second-order valence-corrected chi connectivity index (χ2v) is 7.65. The molecule has 0 saturated heterocycles. The zero-order chi connectivity index (χ0) is 20.5. The Morgan fingerprint density at radius 1 is 1.00 bits per heavy atom. The minimum absolute atomic E-state index is 0. The maximum atomic E-state index is 12.2. The SMILES string of the molecule is CCCNC(=O)c1cccc(CN=C(NCC)NCC2(c3ccccc3)CC2)c1.I. The van der Waals surface area contributed by atoms with Crippen molar-refractivity contribution in [1.82, 2.24) is 16.0 Å². The summed E-state index contributed by atoms with van der Waals surface area (Å²) in [6, 6.07) is 18.4. The molecule has 1 saturated carbocycles. The number of carbonyl (C=O) groups is 1. The summed E-state index contributed by atoms with van der Waals surface area (Å²) in [7, 11) is 0. The van der Waals surface area contributed by atoms with E-state index < -0.39 is 0 Å². The number of carbonyl (C=O) groups excluding carboxylic acids is 1. The van der Waals surface area contributed by atoms with E-state index in [1.54, 1.807) is 0 Å². The van der Waals surface area contributed by atoms with E-state index in [9.17, 15) is 4.79 Å². The van der Waals surface area contributed by atoms with E-state index in [-0.39, 0.29) is 35.3 Å². The number of nitrogens with one attached hydrogen (secondary N) is 3. The van der Waals surface area contributed by atoms with Gasteiger partial charge in [0.25, 0.3) is 5.91 Å². The number of nitrogens with zero attached hydrogens (tertiary/aromatic N) is 1. The minimum atomic E-state index is -0.0266. The van der Waals surface area contributed by atoms with Gasteiger partial charge in [-0.3, -0.25) is 4.79 Å². The van der Waals surface area contributed by atoms with E-state index in [0.717, 1.165) is 31.0 Å². The summed E-state index contributed by atoms with van der Waals surface area (Å²) in [6.45, 7) is 7.03. The smallest absolute Gasteiger partial charge is 0.251 e. The fourth-order valence-corrected chi connectivity index (χ4v) is 3.43. The number of amides is 1. The van der Waals surface area contributed by atoms with Crippen LogP contribution in [0.15, 0.2) is 59.6 Å². The van der Waals surface area contributed by atoms with Crippen LogP contribution in [0, 0.1) is 0 Å². The highest BCUT2D eigenvalue weighted by Crippen LogP contribution is 2.47. The molecule has 0 bridgehead atoms. The van der Waals surface area contributed by atoms with Crippen molar-refractivity contribution in [2.24, 2.45) is 4.99 Å². The lowest BCUT2D eigenvalue weighted by atomic mass is 9.96. The molecule has 0 unspecified atom stereocenters. The second-order valence-electron chi connectivity index (χ2n) is 7.65. The largest absolute Gasteiger partial charge is 0.357 e. The number of guanidine groups is 1. The van der Waals surface area contributed by atoms with E-state index >= 15 is 0 Å². The molecular weight excluding hydrogens is 487 g/mol. The third-order valence-electron chi connectivity index (χ3n) is 5.32. The molecule has 0 aromatic heterocycles. The van der Waals surface area contributed by atoms with Gasteiger partial charge in [-0.05, 0) is 49.4 Å². The van der Waals surface area contributed by atoms with Crippen LogP contribution >= 0.6 is 24.0 Å². The Kier molecular flexibility index (Phi) is 9.62. The lowest BCUT2D eigenvalue weighted by molar-refractivity contribution is 0.0953. The molecule has 0 atom stereocenters. The van der Waals surface area contributed by atoms with Gasteiger partial charge in [-0.25, -0.2) is 4.99 Å². The monoisotopic (exact) mass is 520 g/mol. The van der Waals surface area contributed by atoms with E-state index in [1.165, 1.54) is 18.4 Å². The highest BCUT2D eigenvalue weighted by Gasteiger charge is 2.43. The van der Waals surface area contributed by atoms with E-state index in [1.807, 2.05) is 31.2 Å². The fraction of sp³-hybridized carbons (Fsp3) is 0.417. The number of aliphatic imine (C=N–C) groups is 1. The van der Waals surface area contributed by atoms with Gasteiger partial charge in [-0.1, -0.05) is 49.4 Å². The predicted octanol–water partition coefficient (Wildman–Crippen LogP) is 4.23. The molecule has 0 spiro atoms. The molecule has 2 aromatic rings. The maximum Gasteiger partial charge on any atom is 0.251 e. The first-order valence-electron chi connectivity index (χ1n) is 10.6. The van der Waals surface area contributed by atoms with Crippen molar-refractivity contribution in [3.8, 4) is 0 Å². The Morgan fingerprint density at radius 3 is 2.43 bits per heavy atom. The number of hydrogen-bond acceptors (Lipinski definition) is 2. The average molecular weight is 520 g/mol. The zero-order valence-electron chi connectivity index (χ0n) is 17.9. The number of rotatable bonds is 9. The molecule has 1 fully saturated rings. The minimum Gasteiger partial charge on any atom is -0.357 e. The quantitative estimate of drug-likeness (QED) is 0.264. The Morgan fingerprint density at radius 2 is 1.77 bits per heavy atom. The van der Waals surface area contributed by atoms with Gasteiger partial charge in [0.1, 0.15) is 0 Å². The van der Waals surface area contributed by atoms with Crippen molar-refractivity contribution >= 4 is 35.8 Å². The summed E-state index contributed by atoms with van der Waals surface area (Å²) >= 11 is 0. The molecule has 3 N–H and O–H groups in total. The van der Waals surface area contributed by atoms with Gasteiger partial charge in [0, 0.05) is 30.6 Å². The summed E-state index contributed by atoms with van der Waals surface area (Å²) in [5.41, 5.74) is 3.34. The molecule has 162 valence electrons. The second kappa shape index (κ2) is 11.9. The maximum absolute atomic E-state index is 12.2. The van der Waals surface area contributed by atoms with Crippen molar-refractivity contribution in [1.29, 1.82) is 0 Å². The molecule has 5 nitrogen and oxygen atoms in total. The third kappa shape index (κ3) is 6.72. The lowest BCUT2D eigenvalue weighted by Crippen LogP contribution is -2.41. The molecule has 1 aliphatic rings. The molecule has 6 heteroatoms.